The fraction of sp³-hybridized carbons (Fsp3) is 0.222. The highest BCUT2D eigenvalue weighted by Gasteiger charge is 2.25. The number of ether oxygens (including phenoxy) is 1. The van der Waals surface area contributed by atoms with Gasteiger partial charge in [-0.05, 0) is 17.7 Å². The van der Waals surface area contributed by atoms with Gasteiger partial charge in [-0.2, -0.15) is 0 Å². The Morgan fingerprint density at radius 1 is 1.23 bits per heavy atom. The maximum Gasteiger partial charge on any atom is 0.153 e. The van der Waals surface area contributed by atoms with E-state index in [1.807, 2.05) is 36.4 Å². The van der Waals surface area contributed by atoms with Gasteiger partial charge in [0.1, 0.15) is 5.75 Å². The van der Waals surface area contributed by atoms with Crippen LogP contribution in [0, 0.1) is 11.8 Å². The van der Waals surface area contributed by atoms with Gasteiger partial charge in [-0.1, -0.05) is 48.2 Å². The standard InChI is InChI=1S/C18H16O3S/c19-22(20)13-16-12-21-18-11-15(9-10-17(16)18)8-4-7-14-5-2-1-3-6-14/h1-3,5-6,9-11,16H,7,12-13H2,(H,19,20). The Labute approximate surface area is 132 Å². The Bertz CT molecular complexity index is 744. The fourth-order valence-corrected chi connectivity index (χ4v) is 3.13. The largest absolute Gasteiger partial charge is 0.493 e. The van der Waals surface area contributed by atoms with E-state index in [9.17, 15) is 4.21 Å². The lowest BCUT2D eigenvalue weighted by Crippen LogP contribution is -2.10. The molecular weight excluding hydrogens is 296 g/mol. The SMILES string of the molecule is O=S(O)CC1COc2cc(C#CCc3ccccc3)ccc21. The fourth-order valence-electron chi connectivity index (χ4n) is 2.51. The van der Waals surface area contributed by atoms with E-state index in [1.54, 1.807) is 0 Å². The van der Waals surface area contributed by atoms with Crippen molar-refractivity contribution in [2.24, 2.45) is 0 Å². The van der Waals surface area contributed by atoms with Crippen molar-refractivity contribution in [3.05, 3.63) is 65.2 Å². The lowest BCUT2D eigenvalue weighted by Gasteiger charge is -2.04. The van der Waals surface area contributed by atoms with Crippen LogP contribution >= 0.6 is 0 Å². The van der Waals surface area contributed by atoms with Crippen LogP contribution in [-0.4, -0.2) is 21.1 Å². The molecular formula is C18H16O3S. The van der Waals surface area contributed by atoms with Gasteiger partial charge >= 0.3 is 0 Å². The Kier molecular flexibility index (Phi) is 4.57. The van der Waals surface area contributed by atoms with Crippen LogP contribution in [0.3, 0.4) is 0 Å². The lowest BCUT2D eigenvalue weighted by atomic mass is 10.0. The molecule has 0 aromatic heterocycles. The second-order valence-electron chi connectivity index (χ2n) is 5.21. The molecule has 0 amide bonds. The van der Waals surface area contributed by atoms with E-state index < -0.39 is 11.1 Å². The van der Waals surface area contributed by atoms with Crippen LogP contribution in [0.2, 0.25) is 0 Å². The molecule has 0 bridgehead atoms. The van der Waals surface area contributed by atoms with Crippen molar-refractivity contribution < 1.29 is 13.5 Å². The zero-order chi connectivity index (χ0) is 15.4. The average molecular weight is 312 g/mol. The molecule has 2 aromatic carbocycles. The highest BCUT2D eigenvalue weighted by molar-refractivity contribution is 7.79. The van der Waals surface area contributed by atoms with E-state index in [-0.39, 0.29) is 11.7 Å². The molecule has 22 heavy (non-hydrogen) atoms. The number of hydrogen-bond acceptors (Lipinski definition) is 2. The summed E-state index contributed by atoms with van der Waals surface area (Å²) in [6.45, 7) is 0.461. The van der Waals surface area contributed by atoms with Gasteiger partial charge in [0, 0.05) is 23.5 Å². The summed E-state index contributed by atoms with van der Waals surface area (Å²) in [4.78, 5) is 0. The second kappa shape index (κ2) is 6.78. The first-order valence-electron chi connectivity index (χ1n) is 7.09. The summed E-state index contributed by atoms with van der Waals surface area (Å²) < 4.78 is 25.6. The first-order valence-corrected chi connectivity index (χ1v) is 8.37. The van der Waals surface area contributed by atoms with E-state index in [2.05, 4.69) is 24.0 Å². The van der Waals surface area contributed by atoms with Crippen molar-refractivity contribution in [2.45, 2.75) is 12.3 Å². The van der Waals surface area contributed by atoms with Gasteiger partial charge in [0.05, 0.1) is 12.4 Å². The molecule has 2 atom stereocenters. The summed E-state index contributed by atoms with van der Waals surface area (Å²) >= 11 is -1.80. The molecule has 3 nitrogen and oxygen atoms in total. The maximum absolute atomic E-state index is 10.9. The van der Waals surface area contributed by atoms with Gasteiger partial charge in [-0.3, -0.25) is 0 Å². The number of hydrogen-bond donors (Lipinski definition) is 1. The first-order chi connectivity index (χ1) is 10.7. The third kappa shape index (κ3) is 3.56. The van der Waals surface area contributed by atoms with Crippen molar-refractivity contribution in [2.75, 3.05) is 12.4 Å². The van der Waals surface area contributed by atoms with Crippen LogP contribution < -0.4 is 4.74 Å². The van der Waals surface area contributed by atoms with Crippen LogP contribution in [0.4, 0.5) is 0 Å². The Morgan fingerprint density at radius 3 is 2.82 bits per heavy atom. The van der Waals surface area contributed by atoms with Gasteiger partial charge in [-0.15, -0.1) is 0 Å². The molecule has 0 spiro atoms. The van der Waals surface area contributed by atoms with Crippen molar-refractivity contribution in [3.8, 4) is 17.6 Å². The second-order valence-corrected chi connectivity index (χ2v) is 6.19. The third-order valence-electron chi connectivity index (χ3n) is 3.61. The zero-order valence-corrected chi connectivity index (χ0v) is 12.8. The van der Waals surface area contributed by atoms with Crippen molar-refractivity contribution in [1.82, 2.24) is 0 Å². The normalized spacial score (nSPS) is 17.0. The van der Waals surface area contributed by atoms with Crippen LogP contribution in [0.25, 0.3) is 0 Å². The van der Waals surface area contributed by atoms with Crippen LogP contribution in [-0.2, 0) is 17.5 Å². The molecule has 0 saturated carbocycles. The lowest BCUT2D eigenvalue weighted by molar-refractivity contribution is 0.337. The minimum Gasteiger partial charge on any atom is -0.493 e. The third-order valence-corrected chi connectivity index (χ3v) is 4.29. The summed E-state index contributed by atoms with van der Waals surface area (Å²) in [6.07, 6.45) is 0.713. The van der Waals surface area contributed by atoms with Crippen molar-refractivity contribution >= 4 is 11.1 Å². The van der Waals surface area contributed by atoms with E-state index in [1.165, 1.54) is 5.56 Å². The summed E-state index contributed by atoms with van der Waals surface area (Å²) in [5, 5.41) is 0. The van der Waals surface area contributed by atoms with Gasteiger partial charge in [0.25, 0.3) is 0 Å². The molecule has 0 radical (unpaired) electrons. The summed E-state index contributed by atoms with van der Waals surface area (Å²) in [7, 11) is 0. The van der Waals surface area contributed by atoms with Crippen molar-refractivity contribution in [3.63, 3.8) is 0 Å². The van der Waals surface area contributed by atoms with E-state index in [0.29, 0.717) is 13.0 Å². The minimum absolute atomic E-state index is 0.00726. The molecule has 2 aromatic rings. The van der Waals surface area contributed by atoms with E-state index in [0.717, 1.165) is 16.9 Å². The molecule has 1 aliphatic heterocycles. The highest BCUT2D eigenvalue weighted by Crippen LogP contribution is 2.34. The predicted molar refractivity (Wildman–Crippen MR) is 87.3 cm³/mol. The Balaban J connectivity index is 1.71. The molecule has 1 heterocycles. The molecule has 1 aliphatic rings. The summed E-state index contributed by atoms with van der Waals surface area (Å²) in [5.41, 5.74) is 3.09. The molecule has 0 fully saturated rings. The molecule has 112 valence electrons. The molecule has 2 unspecified atom stereocenters. The Morgan fingerprint density at radius 2 is 2.05 bits per heavy atom. The van der Waals surface area contributed by atoms with Gasteiger partial charge in [0.2, 0.25) is 0 Å². The number of rotatable bonds is 3. The quantitative estimate of drug-likeness (QED) is 0.700. The minimum atomic E-state index is -1.80. The molecule has 1 N–H and O–H groups in total. The molecule has 4 heteroatoms. The van der Waals surface area contributed by atoms with Gasteiger partial charge < -0.3 is 9.29 Å². The summed E-state index contributed by atoms with van der Waals surface area (Å²) in [5.74, 6) is 7.28. The van der Waals surface area contributed by atoms with Gasteiger partial charge in [-0.25, -0.2) is 4.21 Å². The smallest absolute Gasteiger partial charge is 0.153 e. The Hall–Kier alpha value is -2.09. The topological polar surface area (TPSA) is 46.5 Å². The first kappa shape index (κ1) is 14.8. The molecule has 3 rings (SSSR count). The highest BCUT2D eigenvalue weighted by atomic mass is 32.2. The van der Waals surface area contributed by atoms with E-state index in [4.69, 9.17) is 9.29 Å². The maximum atomic E-state index is 10.9. The van der Waals surface area contributed by atoms with Crippen LogP contribution in [0.1, 0.15) is 22.6 Å². The van der Waals surface area contributed by atoms with Crippen molar-refractivity contribution in [1.29, 1.82) is 0 Å². The zero-order valence-electron chi connectivity index (χ0n) is 12.0. The molecule has 0 aliphatic carbocycles. The monoisotopic (exact) mass is 312 g/mol. The van der Waals surface area contributed by atoms with E-state index >= 15 is 0 Å². The molecule has 0 saturated heterocycles. The average Bonchev–Trinajstić information content (AvgIpc) is 2.90. The number of benzene rings is 2. The summed E-state index contributed by atoms with van der Waals surface area (Å²) in [6, 6.07) is 15.9. The predicted octanol–water partition coefficient (Wildman–Crippen LogP) is 2.98. The van der Waals surface area contributed by atoms with Crippen LogP contribution in [0.15, 0.2) is 48.5 Å². The van der Waals surface area contributed by atoms with Gasteiger partial charge in [0.15, 0.2) is 11.1 Å². The number of fused-ring (bicyclic) bond motifs is 1. The van der Waals surface area contributed by atoms with Crippen LogP contribution in [0.5, 0.6) is 5.75 Å².